The highest BCUT2D eigenvalue weighted by atomic mass is 79.9. The van der Waals surface area contributed by atoms with Crippen molar-refractivity contribution in [1.82, 2.24) is 9.88 Å². The summed E-state index contributed by atoms with van der Waals surface area (Å²) in [6, 6.07) is 3.45. The fraction of sp³-hybridized carbons (Fsp3) is 0.214. The quantitative estimate of drug-likeness (QED) is 0.662. The molecule has 6 heteroatoms. The van der Waals surface area contributed by atoms with Gasteiger partial charge in [0, 0.05) is 23.8 Å². The van der Waals surface area contributed by atoms with Crippen LogP contribution in [0.15, 0.2) is 47.1 Å². The van der Waals surface area contributed by atoms with E-state index in [9.17, 15) is 9.59 Å². The first kappa shape index (κ1) is 16.1. The van der Waals surface area contributed by atoms with Gasteiger partial charge in [0.1, 0.15) is 5.82 Å². The SMILES string of the molecule is C/C=C/C=C\C(=O)N(C)CC(=O)Nc1ccc(Br)cn1. The zero-order valence-electron chi connectivity index (χ0n) is 11.3. The van der Waals surface area contributed by atoms with Crippen LogP contribution in [0, 0.1) is 0 Å². The smallest absolute Gasteiger partial charge is 0.246 e. The zero-order chi connectivity index (χ0) is 15.0. The lowest BCUT2D eigenvalue weighted by Gasteiger charge is -2.14. The predicted molar refractivity (Wildman–Crippen MR) is 82.2 cm³/mol. The molecule has 0 radical (unpaired) electrons. The molecule has 1 aromatic heterocycles. The van der Waals surface area contributed by atoms with Gasteiger partial charge in [0.05, 0.1) is 6.54 Å². The minimum absolute atomic E-state index is 0.0310. The topological polar surface area (TPSA) is 62.3 Å². The van der Waals surface area contributed by atoms with E-state index in [2.05, 4.69) is 26.2 Å². The Hall–Kier alpha value is -1.95. The van der Waals surface area contributed by atoms with Gasteiger partial charge in [-0.2, -0.15) is 0 Å². The molecule has 0 saturated heterocycles. The molecule has 0 aliphatic heterocycles. The predicted octanol–water partition coefficient (Wildman–Crippen LogP) is 2.37. The highest BCUT2D eigenvalue weighted by Gasteiger charge is 2.10. The number of hydrogen-bond donors (Lipinski definition) is 1. The van der Waals surface area contributed by atoms with Crippen LogP contribution >= 0.6 is 15.9 Å². The van der Waals surface area contributed by atoms with Crippen molar-refractivity contribution in [2.75, 3.05) is 18.9 Å². The highest BCUT2D eigenvalue weighted by molar-refractivity contribution is 9.10. The second kappa shape index (κ2) is 8.27. The zero-order valence-corrected chi connectivity index (χ0v) is 12.9. The summed E-state index contributed by atoms with van der Waals surface area (Å²) in [5.41, 5.74) is 0. The van der Waals surface area contributed by atoms with Gasteiger partial charge in [-0.25, -0.2) is 4.98 Å². The molecule has 0 spiro atoms. The fourth-order valence-electron chi connectivity index (χ4n) is 1.30. The van der Waals surface area contributed by atoms with Crippen LogP contribution in [0.25, 0.3) is 0 Å². The Morgan fingerprint density at radius 1 is 1.40 bits per heavy atom. The Morgan fingerprint density at radius 2 is 2.15 bits per heavy atom. The van der Waals surface area contributed by atoms with Crippen LogP contribution in [0.1, 0.15) is 6.92 Å². The molecule has 1 aromatic rings. The van der Waals surface area contributed by atoms with Crippen LogP contribution in [0.5, 0.6) is 0 Å². The Morgan fingerprint density at radius 3 is 2.75 bits per heavy atom. The summed E-state index contributed by atoms with van der Waals surface area (Å²) in [6.45, 7) is 1.83. The first-order chi connectivity index (χ1) is 9.52. The van der Waals surface area contributed by atoms with E-state index in [4.69, 9.17) is 0 Å². The largest absolute Gasteiger partial charge is 0.333 e. The first-order valence-electron chi connectivity index (χ1n) is 5.99. The van der Waals surface area contributed by atoms with Gasteiger partial charge in [-0.15, -0.1) is 0 Å². The lowest BCUT2D eigenvalue weighted by Crippen LogP contribution is -2.34. The molecule has 1 rings (SSSR count). The van der Waals surface area contributed by atoms with E-state index in [1.54, 1.807) is 37.5 Å². The minimum Gasteiger partial charge on any atom is -0.333 e. The van der Waals surface area contributed by atoms with Crippen LogP contribution < -0.4 is 5.32 Å². The number of allylic oxidation sites excluding steroid dienone is 3. The first-order valence-corrected chi connectivity index (χ1v) is 6.78. The molecule has 1 N–H and O–H groups in total. The number of rotatable bonds is 5. The molecule has 0 aliphatic carbocycles. The van der Waals surface area contributed by atoms with Gasteiger partial charge in [0.2, 0.25) is 11.8 Å². The summed E-state index contributed by atoms with van der Waals surface area (Å²) < 4.78 is 0.830. The monoisotopic (exact) mass is 337 g/mol. The van der Waals surface area contributed by atoms with Gasteiger partial charge in [0.15, 0.2) is 0 Å². The summed E-state index contributed by atoms with van der Waals surface area (Å²) in [4.78, 5) is 28.8. The fourth-order valence-corrected chi connectivity index (χ4v) is 1.54. The molecule has 2 amide bonds. The number of likely N-dealkylation sites (N-methyl/N-ethyl adjacent to an activating group) is 1. The molecule has 0 fully saturated rings. The van der Waals surface area contributed by atoms with Gasteiger partial charge in [-0.3, -0.25) is 9.59 Å². The van der Waals surface area contributed by atoms with Crippen LogP contribution in [-0.4, -0.2) is 35.3 Å². The van der Waals surface area contributed by atoms with Crippen LogP contribution in [-0.2, 0) is 9.59 Å². The molecule has 1 heterocycles. The Balaban J connectivity index is 2.49. The maximum absolute atomic E-state index is 11.7. The molecular formula is C14H16BrN3O2. The number of carbonyl (C=O) groups excluding carboxylic acids is 2. The van der Waals surface area contributed by atoms with E-state index >= 15 is 0 Å². The molecule has 106 valence electrons. The van der Waals surface area contributed by atoms with Gasteiger partial charge < -0.3 is 10.2 Å². The maximum atomic E-state index is 11.7. The van der Waals surface area contributed by atoms with Crippen molar-refractivity contribution in [2.45, 2.75) is 6.92 Å². The number of pyridine rings is 1. The number of anilines is 1. The van der Waals surface area contributed by atoms with Crippen LogP contribution in [0.4, 0.5) is 5.82 Å². The van der Waals surface area contributed by atoms with Crippen molar-refractivity contribution in [3.8, 4) is 0 Å². The Labute approximate surface area is 126 Å². The second-order valence-electron chi connectivity index (χ2n) is 3.99. The molecular weight excluding hydrogens is 322 g/mol. The van der Waals surface area contributed by atoms with Crippen LogP contribution in [0.3, 0.4) is 0 Å². The van der Waals surface area contributed by atoms with Crippen molar-refractivity contribution < 1.29 is 9.59 Å². The normalized spacial score (nSPS) is 10.9. The molecule has 0 aromatic carbocycles. The second-order valence-corrected chi connectivity index (χ2v) is 4.90. The summed E-state index contributed by atoms with van der Waals surface area (Å²) in [5.74, 6) is -0.0828. The summed E-state index contributed by atoms with van der Waals surface area (Å²) in [6.07, 6.45) is 8.19. The molecule has 5 nitrogen and oxygen atoms in total. The van der Waals surface area contributed by atoms with E-state index in [1.165, 1.54) is 11.0 Å². The number of nitrogens with one attached hydrogen (secondary N) is 1. The molecule has 0 atom stereocenters. The van der Waals surface area contributed by atoms with Crippen molar-refractivity contribution in [1.29, 1.82) is 0 Å². The van der Waals surface area contributed by atoms with E-state index in [0.29, 0.717) is 5.82 Å². The van der Waals surface area contributed by atoms with Gasteiger partial charge in [0.25, 0.3) is 0 Å². The molecule has 0 unspecified atom stereocenters. The summed E-state index contributed by atoms with van der Waals surface area (Å²) >= 11 is 3.26. The highest BCUT2D eigenvalue weighted by Crippen LogP contribution is 2.10. The average Bonchev–Trinajstić information content (AvgIpc) is 2.41. The molecule has 0 aliphatic rings. The van der Waals surface area contributed by atoms with Crippen molar-refractivity contribution in [3.05, 3.63) is 47.1 Å². The van der Waals surface area contributed by atoms with Crippen molar-refractivity contribution in [2.24, 2.45) is 0 Å². The number of halogens is 1. The Kier molecular flexibility index (Phi) is 6.66. The standard InChI is InChI=1S/C14H16BrN3O2/c1-3-4-5-6-14(20)18(2)10-13(19)17-12-8-7-11(15)9-16-12/h3-9H,10H2,1-2H3,(H,16,17,19)/b4-3+,6-5-. The number of amides is 2. The third-order valence-corrected chi connectivity index (χ3v) is 2.76. The summed E-state index contributed by atoms with van der Waals surface area (Å²) in [5, 5.41) is 2.62. The Bertz CT molecular complexity index is 524. The van der Waals surface area contributed by atoms with Crippen molar-refractivity contribution >= 4 is 33.6 Å². The molecule has 0 saturated carbocycles. The number of nitrogens with zero attached hydrogens (tertiary/aromatic N) is 2. The molecule has 0 bridgehead atoms. The van der Waals surface area contributed by atoms with E-state index in [1.807, 2.05) is 13.0 Å². The third-order valence-electron chi connectivity index (χ3n) is 2.29. The average molecular weight is 338 g/mol. The van der Waals surface area contributed by atoms with Crippen LogP contribution in [0.2, 0.25) is 0 Å². The maximum Gasteiger partial charge on any atom is 0.246 e. The number of aromatic nitrogens is 1. The van der Waals surface area contributed by atoms with Gasteiger partial charge in [-0.05, 0) is 35.0 Å². The van der Waals surface area contributed by atoms with Crippen molar-refractivity contribution in [3.63, 3.8) is 0 Å². The number of hydrogen-bond acceptors (Lipinski definition) is 3. The van der Waals surface area contributed by atoms with Gasteiger partial charge >= 0.3 is 0 Å². The van der Waals surface area contributed by atoms with E-state index in [0.717, 1.165) is 4.47 Å². The summed E-state index contributed by atoms with van der Waals surface area (Å²) in [7, 11) is 1.57. The van der Waals surface area contributed by atoms with E-state index in [-0.39, 0.29) is 18.4 Å². The minimum atomic E-state index is -0.296. The molecule has 20 heavy (non-hydrogen) atoms. The van der Waals surface area contributed by atoms with Gasteiger partial charge in [-0.1, -0.05) is 18.2 Å². The van der Waals surface area contributed by atoms with E-state index < -0.39 is 0 Å². The number of carbonyl (C=O) groups is 2. The lowest BCUT2D eigenvalue weighted by atomic mass is 10.4. The lowest BCUT2D eigenvalue weighted by molar-refractivity contribution is -0.129. The third kappa shape index (κ3) is 5.79.